The summed E-state index contributed by atoms with van der Waals surface area (Å²) in [5.74, 6) is 0. The van der Waals surface area contributed by atoms with Gasteiger partial charge in [0.25, 0.3) is 0 Å². The largest absolute Gasteiger partial charge is 0.366 e. The molecule has 0 bridgehead atoms. The van der Waals surface area contributed by atoms with E-state index in [4.69, 9.17) is 0 Å². The minimum absolute atomic E-state index is 0.684. The molecule has 2 nitrogen and oxygen atoms in total. The summed E-state index contributed by atoms with van der Waals surface area (Å²) in [5, 5.41) is 3.50. The molecule has 0 aliphatic carbocycles. The topological polar surface area (TPSA) is 15.3 Å². The molecule has 20 heavy (non-hydrogen) atoms. The van der Waals surface area contributed by atoms with Crippen LogP contribution < -0.4 is 10.2 Å². The summed E-state index contributed by atoms with van der Waals surface area (Å²) >= 11 is 0. The lowest BCUT2D eigenvalue weighted by Crippen LogP contribution is -2.34. The fourth-order valence-corrected chi connectivity index (χ4v) is 3.38. The fourth-order valence-electron chi connectivity index (χ4n) is 3.38. The number of anilines is 1. The number of nitrogens with zero attached hydrogens (tertiary/aromatic N) is 1. The Balaban J connectivity index is 2.11. The normalized spacial score (nSPS) is 22.5. The molecule has 2 heteroatoms. The third-order valence-corrected chi connectivity index (χ3v) is 4.62. The molecule has 1 saturated heterocycles. The average molecular weight is 274 g/mol. The SMILES string of the molecule is CCCNCc1ccc(N2C(C)CCC2CC)cc1C. The quantitative estimate of drug-likeness (QED) is 0.780. The van der Waals surface area contributed by atoms with Crippen LogP contribution >= 0.6 is 0 Å². The van der Waals surface area contributed by atoms with Crippen LogP contribution in [-0.4, -0.2) is 18.6 Å². The van der Waals surface area contributed by atoms with Crippen LogP contribution in [0.5, 0.6) is 0 Å². The maximum atomic E-state index is 3.50. The van der Waals surface area contributed by atoms with E-state index in [1.165, 1.54) is 42.5 Å². The van der Waals surface area contributed by atoms with E-state index in [1.54, 1.807) is 0 Å². The molecule has 0 spiro atoms. The van der Waals surface area contributed by atoms with Crippen molar-refractivity contribution < 1.29 is 0 Å². The van der Waals surface area contributed by atoms with Crippen molar-refractivity contribution in [1.29, 1.82) is 0 Å². The molecule has 0 saturated carbocycles. The molecule has 2 unspecified atom stereocenters. The number of nitrogens with one attached hydrogen (secondary N) is 1. The van der Waals surface area contributed by atoms with Gasteiger partial charge in [0.15, 0.2) is 0 Å². The first-order chi connectivity index (χ1) is 9.67. The second-order valence-corrected chi connectivity index (χ2v) is 6.18. The Hall–Kier alpha value is -1.02. The van der Waals surface area contributed by atoms with Gasteiger partial charge in [-0.1, -0.05) is 19.9 Å². The smallest absolute Gasteiger partial charge is 0.0373 e. The van der Waals surface area contributed by atoms with Crippen molar-refractivity contribution in [2.45, 2.75) is 72.0 Å². The number of benzene rings is 1. The van der Waals surface area contributed by atoms with Crippen molar-refractivity contribution >= 4 is 5.69 Å². The molecule has 1 aliphatic rings. The predicted molar refractivity (Wildman–Crippen MR) is 88.4 cm³/mol. The van der Waals surface area contributed by atoms with E-state index in [0.717, 1.165) is 19.1 Å². The van der Waals surface area contributed by atoms with Crippen molar-refractivity contribution in [2.24, 2.45) is 0 Å². The van der Waals surface area contributed by atoms with Gasteiger partial charge in [-0.25, -0.2) is 0 Å². The van der Waals surface area contributed by atoms with Gasteiger partial charge in [-0.2, -0.15) is 0 Å². The van der Waals surface area contributed by atoms with Crippen LogP contribution in [0.4, 0.5) is 5.69 Å². The Morgan fingerprint density at radius 1 is 1.25 bits per heavy atom. The molecule has 112 valence electrons. The minimum atomic E-state index is 0.684. The maximum Gasteiger partial charge on any atom is 0.0373 e. The molecule has 1 aromatic carbocycles. The summed E-state index contributed by atoms with van der Waals surface area (Å²) in [7, 11) is 0. The van der Waals surface area contributed by atoms with E-state index >= 15 is 0 Å². The molecule has 2 rings (SSSR count). The van der Waals surface area contributed by atoms with Crippen LogP contribution in [0.3, 0.4) is 0 Å². The average Bonchev–Trinajstić information content (AvgIpc) is 2.82. The van der Waals surface area contributed by atoms with Gasteiger partial charge in [0, 0.05) is 24.3 Å². The number of aryl methyl sites for hydroxylation is 1. The van der Waals surface area contributed by atoms with Gasteiger partial charge in [-0.15, -0.1) is 0 Å². The second kappa shape index (κ2) is 7.12. The van der Waals surface area contributed by atoms with Gasteiger partial charge in [0.1, 0.15) is 0 Å². The van der Waals surface area contributed by atoms with Crippen LogP contribution in [0.25, 0.3) is 0 Å². The molecule has 1 fully saturated rings. The lowest BCUT2D eigenvalue weighted by Gasteiger charge is -2.31. The highest BCUT2D eigenvalue weighted by molar-refractivity contribution is 5.53. The molecule has 1 N–H and O–H groups in total. The lowest BCUT2D eigenvalue weighted by molar-refractivity contribution is 0.627. The lowest BCUT2D eigenvalue weighted by atomic mass is 10.1. The van der Waals surface area contributed by atoms with Crippen molar-refractivity contribution in [3.8, 4) is 0 Å². The first kappa shape index (κ1) is 15.4. The summed E-state index contributed by atoms with van der Waals surface area (Å²) < 4.78 is 0. The number of hydrogen-bond donors (Lipinski definition) is 1. The highest BCUT2D eigenvalue weighted by Gasteiger charge is 2.29. The van der Waals surface area contributed by atoms with Gasteiger partial charge in [0.2, 0.25) is 0 Å². The summed E-state index contributed by atoms with van der Waals surface area (Å²) in [6.07, 6.45) is 5.12. The highest BCUT2D eigenvalue weighted by atomic mass is 15.2. The Labute approximate surface area is 124 Å². The van der Waals surface area contributed by atoms with E-state index in [-0.39, 0.29) is 0 Å². The van der Waals surface area contributed by atoms with Gasteiger partial charge in [-0.3, -0.25) is 0 Å². The molecule has 0 amide bonds. The first-order valence-electron chi connectivity index (χ1n) is 8.26. The summed E-state index contributed by atoms with van der Waals surface area (Å²) in [4.78, 5) is 2.64. The summed E-state index contributed by atoms with van der Waals surface area (Å²) in [6.45, 7) is 11.2. The van der Waals surface area contributed by atoms with Gasteiger partial charge >= 0.3 is 0 Å². The Morgan fingerprint density at radius 2 is 2.05 bits per heavy atom. The van der Waals surface area contributed by atoms with Gasteiger partial charge in [-0.05, 0) is 69.3 Å². The molecular formula is C18H30N2. The summed E-state index contributed by atoms with van der Waals surface area (Å²) in [5.41, 5.74) is 4.26. The summed E-state index contributed by atoms with van der Waals surface area (Å²) in [6, 6.07) is 8.43. The third kappa shape index (κ3) is 3.35. The zero-order chi connectivity index (χ0) is 14.5. The molecule has 2 atom stereocenters. The Bertz CT molecular complexity index is 427. The van der Waals surface area contributed by atoms with Gasteiger partial charge in [0.05, 0.1) is 0 Å². The molecule has 0 radical (unpaired) electrons. The van der Waals surface area contributed by atoms with Crippen LogP contribution in [0.15, 0.2) is 18.2 Å². The molecule has 1 aliphatic heterocycles. The van der Waals surface area contributed by atoms with E-state index in [9.17, 15) is 0 Å². The van der Waals surface area contributed by atoms with Crippen molar-refractivity contribution in [3.63, 3.8) is 0 Å². The van der Waals surface area contributed by atoms with Gasteiger partial charge < -0.3 is 10.2 Å². The standard InChI is InChI=1S/C18H30N2/c1-5-11-19-13-16-8-10-18(12-14(16)3)20-15(4)7-9-17(20)6-2/h8,10,12,15,17,19H,5-7,9,11,13H2,1-4H3. The molecule has 1 aromatic rings. The van der Waals surface area contributed by atoms with Crippen LogP contribution in [-0.2, 0) is 6.54 Å². The monoisotopic (exact) mass is 274 g/mol. The predicted octanol–water partition coefficient (Wildman–Crippen LogP) is 4.26. The molecule has 0 aromatic heterocycles. The van der Waals surface area contributed by atoms with E-state index in [2.05, 4.69) is 56.1 Å². The first-order valence-corrected chi connectivity index (χ1v) is 8.26. The van der Waals surface area contributed by atoms with E-state index < -0.39 is 0 Å². The minimum Gasteiger partial charge on any atom is -0.366 e. The zero-order valence-corrected chi connectivity index (χ0v) is 13.6. The maximum absolute atomic E-state index is 3.50. The molecular weight excluding hydrogens is 244 g/mol. The number of hydrogen-bond acceptors (Lipinski definition) is 2. The Kier molecular flexibility index (Phi) is 5.47. The van der Waals surface area contributed by atoms with Crippen molar-refractivity contribution in [2.75, 3.05) is 11.4 Å². The van der Waals surface area contributed by atoms with Crippen LogP contribution in [0.1, 0.15) is 57.6 Å². The second-order valence-electron chi connectivity index (χ2n) is 6.18. The highest BCUT2D eigenvalue weighted by Crippen LogP contribution is 2.32. The van der Waals surface area contributed by atoms with Crippen LogP contribution in [0.2, 0.25) is 0 Å². The van der Waals surface area contributed by atoms with Crippen LogP contribution in [0, 0.1) is 6.92 Å². The van der Waals surface area contributed by atoms with E-state index in [0.29, 0.717) is 6.04 Å². The van der Waals surface area contributed by atoms with Crippen molar-refractivity contribution in [1.82, 2.24) is 5.32 Å². The zero-order valence-electron chi connectivity index (χ0n) is 13.6. The fraction of sp³-hybridized carbons (Fsp3) is 0.667. The van der Waals surface area contributed by atoms with Crippen molar-refractivity contribution in [3.05, 3.63) is 29.3 Å². The third-order valence-electron chi connectivity index (χ3n) is 4.62. The number of rotatable bonds is 6. The molecule has 1 heterocycles. The Morgan fingerprint density at radius 3 is 2.70 bits per heavy atom. The van der Waals surface area contributed by atoms with E-state index in [1.807, 2.05) is 0 Å².